The van der Waals surface area contributed by atoms with Crippen LogP contribution in [-0.4, -0.2) is 21.1 Å². The zero-order valence-electron chi connectivity index (χ0n) is 10.4. The first kappa shape index (κ1) is 10.6. The summed E-state index contributed by atoms with van der Waals surface area (Å²) in [7, 11) is 0. The molecule has 3 rings (SSSR count). The third-order valence-corrected chi connectivity index (χ3v) is 3.76. The van der Waals surface area contributed by atoms with E-state index in [-0.39, 0.29) is 0 Å². The molecular weight excluding hydrogens is 212 g/mol. The lowest BCUT2D eigenvalue weighted by atomic mass is 9.70. The zero-order valence-corrected chi connectivity index (χ0v) is 10.4. The third-order valence-electron chi connectivity index (χ3n) is 3.76. The summed E-state index contributed by atoms with van der Waals surface area (Å²) >= 11 is 0. The minimum atomic E-state index is 0.462. The minimum absolute atomic E-state index is 0.462. The van der Waals surface area contributed by atoms with Crippen LogP contribution in [0.2, 0.25) is 0 Å². The van der Waals surface area contributed by atoms with Crippen molar-refractivity contribution in [3.8, 4) is 0 Å². The maximum atomic E-state index is 4.41. The van der Waals surface area contributed by atoms with E-state index in [9.17, 15) is 0 Å². The lowest BCUT2D eigenvalue weighted by Crippen LogP contribution is -2.33. The Balaban J connectivity index is 1.84. The molecule has 1 aliphatic carbocycles. The van der Waals surface area contributed by atoms with Crippen LogP contribution in [-0.2, 0) is 0 Å². The summed E-state index contributed by atoms with van der Waals surface area (Å²) in [4.78, 5) is 4.41. The SMILES string of the molecule is Cc1cc2c(NCC3(C)CCC3)nccn2n1. The van der Waals surface area contributed by atoms with Gasteiger partial charge in [-0.25, -0.2) is 9.50 Å². The lowest BCUT2D eigenvalue weighted by Gasteiger charge is -2.38. The van der Waals surface area contributed by atoms with E-state index in [0.29, 0.717) is 5.41 Å². The van der Waals surface area contributed by atoms with Gasteiger partial charge < -0.3 is 5.32 Å². The fourth-order valence-corrected chi connectivity index (χ4v) is 2.43. The molecule has 0 spiro atoms. The zero-order chi connectivity index (χ0) is 11.9. The summed E-state index contributed by atoms with van der Waals surface area (Å²) in [6.07, 6.45) is 7.69. The van der Waals surface area contributed by atoms with E-state index in [1.165, 1.54) is 19.3 Å². The van der Waals surface area contributed by atoms with Gasteiger partial charge in [-0.2, -0.15) is 5.10 Å². The largest absolute Gasteiger partial charge is 0.368 e. The van der Waals surface area contributed by atoms with Crippen LogP contribution in [0, 0.1) is 12.3 Å². The van der Waals surface area contributed by atoms with Crippen molar-refractivity contribution in [2.75, 3.05) is 11.9 Å². The molecule has 0 saturated heterocycles. The van der Waals surface area contributed by atoms with Crippen LogP contribution in [0.15, 0.2) is 18.5 Å². The van der Waals surface area contributed by atoms with Gasteiger partial charge in [0.15, 0.2) is 5.82 Å². The Morgan fingerprint density at radius 1 is 1.47 bits per heavy atom. The monoisotopic (exact) mass is 230 g/mol. The molecule has 90 valence electrons. The Kier molecular flexibility index (Phi) is 2.31. The second kappa shape index (κ2) is 3.72. The van der Waals surface area contributed by atoms with Crippen molar-refractivity contribution in [2.45, 2.75) is 33.1 Å². The van der Waals surface area contributed by atoms with Gasteiger partial charge in [0, 0.05) is 18.9 Å². The highest BCUT2D eigenvalue weighted by atomic mass is 15.2. The number of rotatable bonds is 3. The molecule has 0 amide bonds. The Morgan fingerprint density at radius 2 is 2.29 bits per heavy atom. The van der Waals surface area contributed by atoms with Crippen LogP contribution in [0.25, 0.3) is 5.52 Å². The van der Waals surface area contributed by atoms with E-state index in [0.717, 1.165) is 23.6 Å². The summed E-state index contributed by atoms with van der Waals surface area (Å²) in [5, 5.41) is 7.86. The normalized spacial score (nSPS) is 18.0. The fraction of sp³-hybridized carbons (Fsp3) is 0.538. The third kappa shape index (κ3) is 1.88. The van der Waals surface area contributed by atoms with Crippen molar-refractivity contribution in [1.29, 1.82) is 0 Å². The topological polar surface area (TPSA) is 42.2 Å². The van der Waals surface area contributed by atoms with Gasteiger partial charge in [-0.05, 0) is 31.2 Å². The predicted molar refractivity (Wildman–Crippen MR) is 68.2 cm³/mol. The first-order valence-corrected chi connectivity index (χ1v) is 6.21. The van der Waals surface area contributed by atoms with Crippen molar-refractivity contribution in [1.82, 2.24) is 14.6 Å². The van der Waals surface area contributed by atoms with Gasteiger partial charge in [-0.1, -0.05) is 13.3 Å². The molecule has 4 nitrogen and oxygen atoms in total. The molecule has 2 aromatic rings. The van der Waals surface area contributed by atoms with Crippen LogP contribution in [0.3, 0.4) is 0 Å². The van der Waals surface area contributed by atoms with Gasteiger partial charge in [-0.15, -0.1) is 0 Å². The van der Waals surface area contributed by atoms with Gasteiger partial charge in [0.25, 0.3) is 0 Å². The molecule has 1 N–H and O–H groups in total. The molecule has 0 bridgehead atoms. The van der Waals surface area contributed by atoms with Crippen molar-refractivity contribution >= 4 is 11.3 Å². The van der Waals surface area contributed by atoms with E-state index < -0.39 is 0 Å². The second-order valence-corrected chi connectivity index (χ2v) is 5.41. The van der Waals surface area contributed by atoms with E-state index in [1.54, 1.807) is 6.20 Å². The first-order chi connectivity index (χ1) is 8.16. The molecule has 2 heterocycles. The number of nitrogens with zero attached hydrogens (tertiary/aromatic N) is 3. The number of hydrogen-bond donors (Lipinski definition) is 1. The van der Waals surface area contributed by atoms with E-state index in [1.807, 2.05) is 17.6 Å². The number of fused-ring (bicyclic) bond motifs is 1. The van der Waals surface area contributed by atoms with Crippen molar-refractivity contribution < 1.29 is 0 Å². The molecule has 0 radical (unpaired) electrons. The summed E-state index contributed by atoms with van der Waals surface area (Å²) < 4.78 is 1.88. The molecule has 0 atom stereocenters. The predicted octanol–water partition coefficient (Wildman–Crippen LogP) is 2.64. The summed E-state index contributed by atoms with van der Waals surface area (Å²) in [6, 6.07) is 2.07. The quantitative estimate of drug-likeness (QED) is 0.881. The van der Waals surface area contributed by atoms with Gasteiger partial charge in [0.2, 0.25) is 0 Å². The molecule has 17 heavy (non-hydrogen) atoms. The second-order valence-electron chi connectivity index (χ2n) is 5.41. The molecule has 4 heteroatoms. The average Bonchev–Trinajstić information content (AvgIpc) is 2.64. The van der Waals surface area contributed by atoms with Crippen molar-refractivity contribution in [3.63, 3.8) is 0 Å². The van der Waals surface area contributed by atoms with Crippen LogP contribution in [0.5, 0.6) is 0 Å². The Labute approximate surface area is 101 Å². The van der Waals surface area contributed by atoms with E-state index in [4.69, 9.17) is 0 Å². The summed E-state index contributed by atoms with van der Waals surface area (Å²) in [5.74, 6) is 0.946. The highest BCUT2D eigenvalue weighted by Crippen LogP contribution is 2.40. The molecule has 0 unspecified atom stereocenters. The van der Waals surface area contributed by atoms with Crippen LogP contribution in [0.1, 0.15) is 31.9 Å². The molecule has 0 aliphatic heterocycles. The first-order valence-electron chi connectivity index (χ1n) is 6.21. The van der Waals surface area contributed by atoms with Crippen molar-refractivity contribution in [2.24, 2.45) is 5.41 Å². The fourth-order valence-electron chi connectivity index (χ4n) is 2.43. The standard InChI is InChI=1S/C13H18N4/c1-10-8-11-12(14-6-7-17(11)16-10)15-9-13(2)4-3-5-13/h6-8H,3-5,9H2,1-2H3,(H,14,15). The lowest BCUT2D eigenvalue weighted by molar-refractivity contribution is 0.180. The maximum absolute atomic E-state index is 4.41. The number of hydrogen-bond acceptors (Lipinski definition) is 3. The molecule has 0 aromatic carbocycles. The number of aromatic nitrogens is 3. The van der Waals surface area contributed by atoms with Crippen LogP contribution in [0.4, 0.5) is 5.82 Å². The molecule has 1 aliphatic rings. The van der Waals surface area contributed by atoms with Gasteiger partial charge >= 0.3 is 0 Å². The number of anilines is 1. The Bertz CT molecular complexity index is 539. The summed E-state index contributed by atoms with van der Waals surface area (Å²) in [6.45, 7) is 5.35. The van der Waals surface area contributed by atoms with Gasteiger partial charge in [0.05, 0.1) is 5.69 Å². The van der Waals surface area contributed by atoms with Crippen LogP contribution >= 0.6 is 0 Å². The van der Waals surface area contributed by atoms with E-state index in [2.05, 4.69) is 28.4 Å². The molecule has 1 fully saturated rings. The number of nitrogens with one attached hydrogen (secondary N) is 1. The average molecular weight is 230 g/mol. The Morgan fingerprint density at radius 3 is 3.00 bits per heavy atom. The number of aryl methyl sites for hydroxylation is 1. The molecule has 2 aromatic heterocycles. The molecular formula is C13H18N4. The smallest absolute Gasteiger partial charge is 0.152 e. The molecule has 1 saturated carbocycles. The maximum Gasteiger partial charge on any atom is 0.152 e. The highest BCUT2D eigenvalue weighted by Gasteiger charge is 2.31. The Hall–Kier alpha value is -1.58. The highest BCUT2D eigenvalue weighted by molar-refractivity contribution is 5.67. The van der Waals surface area contributed by atoms with Crippen LogP contribution < -0.4 is 5.32 Å². The van der Waals surface area contributed by atoms with Gasteiger partial charge in [-0.3, -0.25) is 0 Å². The minimum Gasteiger partial charge on any atom is -0.368 e. The van der Waals surface area contributed by atoms with Gasteiger partial charge in [0.1, 0.15) is 5.52 Å². The summed E-state index contributed by atoms with van der Waals surface area (Å²) in [5.41, 5.74) is 2.55. The van der Waals surface area contributed by atoms with E-state index >= 15 is 0 Å². The van der Waals surface area contributed by atoms with Crippen molar-refractivity contribution in [3.05, 3.63) is 24.2 Å².